The summed E-state index contributed by atoms with van der Waals surface area (Å²) in [5, 5.41) is 0. The predicted molar refractivity (Wildman–Crippen MR) is 22.1 cm³/mol. The molecule has 0 heterocycles. The van der Waals surface area contributed by atoms with Crippen LogP contribution in [0.15, 0.2) is 0 Å². The Morgan fingerprint density at radius 3 is 1.44 bits per heavy atom. The van der Waals surface area contributed by atoms with Crippen LogP contribution in [0.4, 0.5) is 12.9 Å². The van der Waals surface area contributed by atoms with Crippen LogP contribution in [-0.2, 0) is 0 Å². The minimum absolute atomic E-state index is 0. The normalized spacial score (nSPS) is 17.7. The largest absolute Gasteiger partial charge is 1.00 e. The fourth-order valence-corrected chi connectivity index (χ4v) is 0.474. The Bertz CT molecular complexity index is 81.6. The standard InChI is InChI=1S/C3H5BF3.Ar.K/c5-4(6,7)3-1-2-3;;/h3H,1-2H2;;/q-1;;+1. The quantitative estimate of drug-likeness (QED) is 0.463. The van der Waals surface area contributed by atoms with Crippen molar-refractivity contribution in [3.8, 4) is 0 Å². The molecule has 50 valence electrons. The number of halogens is 3. The molecule has 1 aliphatic carbocycles. The van der Waals surface area contributed by atoms with Gasteiger partial charge in [-0.25, -0.2) is 0 Å². The van der Waals surface area contributed by atoms with Crippen molar-refractivity contribution in [3.05, 3.63) is 0 Å². The molecule has 1 rings (SSSR count). The summed E-state index contributed by atoms with van der Waals surface area (Å²) >= 11 is 0. The third-order valence-corrected chi connectivity index (χ3v) is 1.16. The van der Waals surface area contributed by atoms with Gasteiger partial charge in [0.1, 0.15) is 0 Å². The zero-order valence-electron chi connectivity index (χ0n) is 5.06. The van der Waals surface area contributed by atoms with Gasteiger partial charge < -0.3 is 12.9 Å². The minimum atomic E-state index is -4.44. The maximum Gasteiger partial charge on any atom is 1.00 e. The average molecular weight is 188 g/mol. The monoisotopic (exact) mass is 188 g/mol. The summed E-state index contributed by atoms with van der Waals surface area (Å²) in [4.78, 5) is 0. The topological polar surface area (TPSA) is 0 Å². The average Bonchev–Trinajstić information content (AvgIpc) is 1.99. The van der Waals surface area contributed by atoms with E-state index in [1.54, 1.807) is 0 Å². The van der Waals surface area contributed by atoms with E-state index >= 15 is 0 Å². The molecule has 0 N–H and O–H groups in total. The van der Waals surface area contributed by atoms with Gasteiger partial charge in [-0.05, 0) is 0 Å². The van der Waals surface area contributed by atoms with Gasteiger partial charge in [0.15, 0.2) is 0 Å². The molecule has 0 bridgehead atoms. The van der Waals surface area contributed by atoms with E-state index in [0.29, 0.717) is 12.8 Å². The molecule has 1 aliphatic rings. The maximum absolute atomic E-state index is 11.3. The Kier molecular flexibility index (Phi) is 8.58. The summed E-state index contributed by atoms with van der Waals surface area (Å²) in [5.41, 5.74) is 0. The van der Waals surface area contributed by atoms with Crippen molar-refractivity contribution in [2.75, 3.05) is 0 Å². The van der Waals surface area contributed by atoms with Crippen LogP contribution in [-0.4, -0.2) is 6.98 Å². The first-order chi connectivity index (χ1) is 3.11. The minimum Gasteiger partial charge on any atom is -0.449 e. The molecular formula is C3H5ArBF3K. The van der Waals surface area contributed by atoms with Crippen molar-refractivity contribution < 1.29 is 102 Å². The summed E-state index contributed by atoms with van der Waals surface area (Å²) in [6.07, 6.45) is 0.757. The molecule has 6 heteroatoms. The third kappa shape index (κ3) is 5.96. The molecule has 0 spiro atoms. The van der Waals surface area contributed by atoms with Crippen molar-refractivity contribution in [3.63, 3.8) is 0 Å². The van der Waals surface area contributed by atoms with Gasteiger partial charge in [-0.1, -0.05) is 18.7 Å². The number of hydrogen-bond acceptors (Lipinski definition) is 0. The first-order valence-corrected chi connectivity index (χ1v) is 2.30. The molecule has 0 atom stereocenters. The summed E-state index contributed by atoms with van der Waals surface area (Å²) in [6, 6.07) is 0. The van der Waals surface area contributed by atoms with E-state index in [0.717, 1.165) is 0 Å². The molecular weight excluding hydrogens is 183 g/mol. The van der Waals surface area contributed by atoms with E-state index in [4.69, 9.17) is 0 Å². The van der Waals surface area contributed by atoms with Crippen molar-refractivity contribution >= 4 is 6.98 Å². The Morgan fingerprint density at radius 2 is 1.44 bits per heavy atom. The second kappa shape index (κ2) is 5.41. The predicted octanol–water partition coefficient (Wildman–Crippen LogP) is -0.998. The molecule has 0 unspecified atom stereocenters. The van der Waals surface area contributed by atoms with E-state index in [2.05, 4.69) is 0 Å². The second-order valence-corrected chi connectivity index (χ2v) is 1.96. The first-order valence-electron chi connectivity index (χ1n) is 2.30. The van der Waals surface area contributed by atoms with Crippen molar-refractivity contribution in [2.45, 2.75) is 18.7 Å². The first kappa shape index (κ1) is 14.3. The Labute approximate surface area is 125 Å². The van der Waals surface area contributed by atoms with E-state index in [1.165, 1.54) is 0 Å². The summed E-state index contributed by atoms with van der Waals surface area (Å²) in [5.74, 6) is -0.889. The summed E-state index contributed by atoms with van der Waals surface area (Å²) < 4.78 is 33.9. The van der Waals surface area contributed by atoms with E-state index in [-0.39, 0.29) is 89.1 Å². The summed E-state index contributed by atoms with van der Waals surface area (Å²) in [6.45, 7) is -4.44. The fourth-order valence-electron chi connectivity index (χ4n) is 0.474. The molecule has 0 saturated heterocycles. The van der Waals surface area contributed by atoms with Gasteiger partial charge in [-0.3, -0.25) is 0 Å². The van der Waals surface area contributed by atoms with Crippen LogP contribution in [0.25, 0.3) is 0 Å². The van der Waals surface area contributed by atoms with Crippen LogP contribution < -0.4 is 51.4 Å². The van der Waals surface area contributed by atoms with Gasteiger partial charge >= 0.3 is 58.4 Å². The third-order valence-electron chi connectivity index (χ3n) is 1.16. The molecule has 0 aromatic rings. The molecule has 0 aromatic carbocycles. The zero-order chi connectivity index (χ0) is 5.49. The Morgan fingerprint density at radius 1 is 1.11 bits per heavy atom. The van der Waals surface area contributed by atoms with Gasteiger partial charge in [0.05, 0.1) is 0 Å². The van der Waals surface area contributed by atoms with Gasteiger partial charge in [0.25, 0.3) is 0 Å². The zero-order valence-corrected chi connectivity index (χ0v) is 8.89. The maximum atomic E-state index is 11.3. The van der Waals surface area contributed by atoms with Gasteiger partial charge in [0, 0.05) is 37.7 Å². The molecule has 0 nitrogen and oxygen atoms in total. The Hall–Kier alpha value is 2.75. The SMILES string of the molecule is F[B-](F)(F)C1CC1.[Ar].[K+]. The molecule has 0 aliphatic heterocycles. The van der Waals surface area contributed by atoms with Gasteiger partial charge in [0.2, 0.25) is 0 Å². The van der Waals surface area contributed by atoms with Crippen molar-refractivity contribution in [2.24, 2.45) is 0 Å². The van der Waals surface area contributed by atoms with Crippen LogP contribution in [0.3, 0.4) is 0 Å². The van der Waals surface area contributed by atoms with E-state index < -0.39 is 12.8 Å². The molecule has 0 aromatic heterocycles. The van der Waals surface area contributed by atoms with Gasteiger partial charge in [-0.15, -0.1) is 0 Å². The fraction of sp³-hybridized carbons (Fsp3) is 1.00. The van der Waals surface area contributed by atoms with Crippen LogP contribution in [0.1, 0.15) is 12.8 Å². The van der Waals surface area contributed by atoms with E-state index in [1.807, 2.05) is 0 Å². The molecule has 9 heavy (non-hydrogen) atoms. The van der Waals surface area contributed by atoms with Crippen LogP contribution in [0.5, 0.6) is 0 Å². The second-order valence-electron chi connectivity index (χ2n) is 1.96. The van der Waals surface area contributed by atoms with E-state index in [9.17, 15) is 12.9 Å². The smallest absolute Gasteiger partial charge is 0.449 e. The van der Waals surface area contributed by atoms with Crippen LogP contribution >= 0.6 is 0 Å². The molecule has 1 fully saturated rings. The van der Waals surface area contributed by atoms with Crippen LogP contribution in [0, 0.1) is 37.7 Å². The number of hydrogen-bond donors (Lipinski definition) is 0. The molecule has 0 radical (unpaired) electrons. The number of rotatable bonds is 1. The molecule has 1 saturated carbocycles. The summed E-state index contributed by atoms with van der Waals surface area (Å²) in [7, 11) is 0. The van der Waals surface area contributed by atoms with Crippen LogP contribution in [0.2, 0.25) is 5.82 Å². The van der Waals surface area contributed by atoms with Crippen molar-refractivity contribution in [1.29, 1.82) is 0 Å². The van der Waals surface area contributed by atoms with Crippen molar-refractivity contribution in [1.82, 2.24) is 0 Å². The Balaban J connectivity index is 0. The van der Waals surface area contributed by atoms with Gasteiger partial charge in [-0.2, -0.15) is 0 Å². The molecule has 0 amide bonds.